The number of Topliss-reactive ketones (excluding diaryl/α,β-unsaturated/α-hetero) is 1. The molecule has 8 amide bonds. The number of methoxy groups -OCH3 is 1. The first-order chi connectivity index (χ1) is 40.4. The van der Waals surface area contributed by atoms with E-state index in [1.54, 1.807) is 27.7 Å². The first-order valence-corrected chi connectivity index (χ1v) is 29.0. The summed E-state index contributed by atoms with van der Waals surface area (Å²) in [5.41, 5.74) is -4.57. The highest BCUT2D eigenvalue weighted by Gasteiger charge is 2.51. The number of phenolic OH excluding ortho intramolecular Hbond substituents is 2. The van der Waals surface area contributed by atoms with Crippen LogP contribution in [-0.2, 0) is 59.0 Å². The van der Waals surface area contributed by atoms with Gasteiger partial charge in [-0.2, -0.15) is 0 Å². The third-order valence-corrected chi connectivity index (χ3v) is 15.7. The van der Waals surface area contributed by atoms with Crippen LogP contribution in [0.15, 0.2) is 18.2 Å². The standard InChI is InChI=1S/C59H82N8O19/c1-26(2)17-35(66-58(82)38-14-12-16-67(38)43(72)24-60-31(9)69)55(79)61-23-42(71)63-36(18-27(3)4)56(80)62-29(7)54(78)65-37(19-28(5)6)57(81)64-34-20-44(85-30(8)49(34)73)86-40-22-59(83,41(70)25-68)21-33-46(40)53(77)48-47(51(33)75)50(74)32-13-11-15-39(84-10)45(32)52(48)76/h11,13,15,26-30,34-38,40,44,49,68,73,75,77,83H,12,14,16-25H2,1-10H3,(H,60,69)(H,61,79)(H,62,80)(H,63,71)(H,64,81)(H,65,78)(H,66,82)/t29-,30-,34-,35-,36-,37-,38-,40-,44-,49+,59-/m0/s1. The van der Waals surface area contributed by atoms with E-state index < -0.39 is 180 Å². The topological polar surface area (TPSA) is 404 Å². The third kappa shape index (κ3) is 15.7. The molecule has 0 radical (unpaired) electrons. The number of aliphatic hydroxyl groups is 3. The molecule has 0 aromatic heterocycles. The SMILES string of the molecule is COc1cccc2c1C(=O)c1c(O)c3c(c(O)c1C2=O)C[C@@](O)(C(=O)CO)C[C@@H]3O[C@H]1C[C@H](NC(=O)[C@H](CC(C)C)NC(=O)[C@H](C)NC(=O)[C@H](CC(C)C)NC(=O)CNC(=O)[C@H](CC(C)C)NC(=O)[C@@H]2CCCN2C(=O)CNC(C)=O)[C@H](O)[C@H](C)O1. The van der Waals surface area contributed by atoms with Crippen LogP contribution in [0.1, 0.15) is 156 Å². The number of hydrogen-bond acceptors (Lipinski definition) is 19. The van der Waals surface area contributed by atoms with Gasteiger partial charge in [0.05, 0.1) is 55.1 Å². The molecule has 4 aliphatic rings. The molecular formula is C59H82N8O19. The minimum absolute atomic E-state index is 0.00746. The summed E-state index contributed by atoms with van der Waals surface area (Å²) >= 11 is 0. The molecule has 2 aliphatic carbocycles. The Morgan fingerprint density at radius 1 is 0.767 bits per heavy atom. The van der Waals surface area contributed by atoms with Gasteiger partial charge in [0.1, 0.15) is 65.8 Å². The molecule has 0 unspecified atom stereocenters. The molecule has 0 bridgehead atoms. The molecule has 2 heterocycles. The Bertz CT molecular complexity index is 2970. The van der Waals surface area contributed by atoms with Crippen molar-refractivity contribution in [2.75, 3.05) is 33.4 Å². The zero-order valence-electron chi connectivity index (χ0n) is 50.1. The van der Waals surface area contributed by atoms with E-state index in [0.717, 1.165) is 0 Å². The van der Waals surface area contributed by atoms with Crippen LogP contribution >= 0.6 is 0 Å². The van der Waals surface area contributed by atoms with Crippen LogP contribution in [-0.4, -0.2) is 189 Å². The van der Waals surface area contributed by atoms with Crippen molar-refractivity contribution in [1.29, 1.82) is 0 Å². The molecule has 27 nitrogen and oxygen atoms in total. The second-order valence-electron chi connectivity index (χ2n) is 23.8. The normalized spacial score (nSPS) is 23.0. The zero-order valence-corrected chi connectivity index (χ0v) is 50.1. The maximum Gasteiger partial charge on any atom is 0.243 e. The van der Waals surface area contributed by atoms with Crippen LogP contribution in [0.4, 0.5) is 0 Å². The van der Waals surface area contributed by atoms with Crippen molar-refractivity contribution < 1.29 is 92.5 Å². The predicted molar refractivity (Wildman–Crippen MR) is 304 cm³/mol. The number of benzene rings is 2. The lowest BCUT2D eigenvalue weighted by Crippen LogP contribution is -2.60. The Morgan fingerprint density at radius 2 is 1.38 bits per heavy atom. The van der Waals surface area contributed by atoms with Crippen molar-refractivity contribution in [1.82, 2.24) is 42.1 Å². The molecule has 2 aromatic carbocycles. The molecule has 27 heteroatoms. The summed E-state index contributed by atoms with van der Waals surface area (Å²) in [6, 6.07) is -2.69. The van der Waals surface area contributed by atoms with E-state index in [1.807, 2.05) is 13.8 Å². The van der Waals surface area contributed by atoms with Crippen molar-refractivity contribution >= 4 is 64.6 Å². The number of carbonyl (C=O) groups excluding carboxylic acids is 11. The van der Waals surface area contributed by atoms with E-state index in [9.17, 15) is 78.3 Å². The third-order valence-electron chi connectivity index (χ3n) is 15.7. The van der Waals surface area contributed by atoms with Gasteiger partial charge in [-0.1, -0.05) is 53.7 Å². The lowest BCUT2D eigenvalue weighted by atomic mass is 9.72. The van der Waals surface area contributed by atoms with Crippen LogP contribution in [0.2, 0.25) is 0 Å². The Kier molecular flexibility index (Phi) is 22.6. The lowest BCUT2D eigenvalue weighted by Gasteiger charge is -2.43. The van der Waals surface area contributed by atoms with E-state index in [-0.39, 0.29) is 84.5 Å². The fourth-order valence-electron chi connectivity index (χ4n) is 11.4. The van der Waals surface area contributed by atoms with Gasteiger partial charge in [-0.25, -0.2) is 0 Å². The van der Waals surface area contributed by atoms with Gasteiger partial charge >= 0.3 is 0 Å². The number of aromatic hydroxyl groups is 2. The number of ether oxygens (including phenoxy) is 3. The molecule has 2 aromatic rings. The fraction of sp³-hybridized carbons (Fsp3) is 0.610. The van der Waals surface area contributed by atoms with Gasteiger partial charge in [-0.05, 0) is 69.8 Å². The van der Waals surface area contributed by atoms with E-state index in [4.69, 9.17) is 14.2 Å². The van der Waals surface area contributed by atoms with Gasteiger partial charge in [-0.15, -0.1) is 0 Å². The van der Waals surface area contributed by atoms with Gasteiger partial charge in [0.25, 0.3) is 0 Å². The highest BCUT2D eigenvalue weighted by atomic mass is 16.7. The summed E-state index contributed by atoms with van der Waals surface area (Å²) < 4.78 is 17.7. The van der Waals surface area contributed by atoms with Crippen LogP contribution < -0.4 is 42.0 Å². The number of fused-ring (bicyclic) bond motifs is 3. The number of carbonyl (C=O) groups is 11. The minimum atomic E-state index is -2.45. The average Bonchev–Trinajstić information content (AvgIpc) is 0.919. The van der Waals surface area contributed by atoms with Crippen LogP contribution in [0.3, 0.4) is 0 Å². The number of ketones is 3. The summed E-state index contributed by atoms with van der Waals surface area (Å²) in [5.74, 6) is -10.1. The zero-order chi connectivity index (χ0) is 63.8. The van der Waals surface area contributed by atoms with Crippen molar-refractivity contribution in [3.8, 4) is 17.2 Å². The number of phenols is 2. The molecular weight excluding hydrogens is 1120 g/mol. The van der Waals surface area contributed by atoms with E-state index in [2.05, 4.69) is 37.2 Å². The Hall–Kier alpha value is -7.59. The molecule has 2 fully saturated rings. The number of hydrogen-bond donors (Lipinski definition) is 12. The first-order valence-electron chi connectivity index (χ1n) is 29.0. The maximum absolute atomic E-state index is 14.2. The van der Waals surface area contributed by atoms with Gasteiger partial charge in [0.15, 0.2) is 17.9 Å². The number of nitrogens with zero attached hydrogens (tertiary/aromatic N) is 1. The van der Waals surface area contributed by atoms with E-state index in [1.165, 1.54) is 51.0 Å². The molecule has 86 heavy (non-hydrogen) atoms. The van der Waals surface area contributed by atoms with Crippen molar-refractivity contribution in [3.05, 3.63) is 51.6 Å². The average molecular weight is 1210 g/mol. The molecule has 2 aliphatic heterocycles. The number of aliphatic hydroxyl groups excluding tert-OH is 2. The molecule has 2 saturated heterocycles. The lowest BCUT2D eigenvalue weighted by molar-refractivity contribution is -0.249. The molecule has 0 spiro atoms. The second-order valence-corrected chi connectivity index (χ2v) is 23.8. The van der Waals surface area contributed by atoms with Gasteiger partial charge < -0.3 is 81.9 Å². The quantitative estimate of drug-likeness (QED) is 0.0476. The van der Waals surface area contributed by atoms with Crippen LogP contribution in [0.25, 0.3) is 0 Å². The molecule has 0 saturated carbocycles. The largest absolute Gasteiger partial charge is 0.507 e. The van der Waals surface area contributed by atoms with Crippen molar-refractivity contribution in [3.63, 3.8) is 0 Å². The molecule has 11 atom stereocenters. The number of rotatable bonds is 25. The minimum Gasteiger partial charge on any atom is -0.507 e. The van der Waals surface area contributed by atoms with Crippen molar-refractivity contribution in [2.24, 2.45) is 17.8 Å². The first kappa shape index (κ1) is 67.5. The highest BCUT2D eigenvalue weighted by molar-refractivity contribution is 6.31. The molecule has 6 rings (SSSR count). The monoisotopic (exact) mass is 1210 g/mol. The summed E-state index contributed by atoms with van der Waals surface area (Å²) in [7, 11) is 1.28. The smallest absolute Gasteiger partial charge is 0.243 e. The Morgan fingerprint density at radius 3 is 1.99 bits per heavy atom. The summed E-state index contributed by atoms with van der Waals surface area (Å²) in [4.78, 5) is 149. The van der Waals surface area contributed by atoms with Gasteiger partial charge in [0, 0.05) is 49.4 Å². The van der Waals surface area contributed by atoms with Crippen LogP contribution in [0.5, 0.6) is 17.2 Å². The number of nitrogens with one attached hydrogen (secondary N) is 7. The summed E-state index contributed by atoms with van der Waals surface area (Å²) in [6.07, 6.45) is -6.02. The summed E-state index contributed by atoms with van der Waals surface area (Å²) in [5, 5.41) is 75.1. The van der Waals surface area contributed by atoms with Crippen LogP contribution in [0, 0.1) is 17.8 Å². The second kappa shape index (κ2) is 28.7. The predicted octanol–water partition coefficient (Wildman–Crippen LogP) is -0.501. The number of amides is 8. The van der Waals surface area contributed by atoms with E-state index in [0.29, 0.717) is 12.8 Å². The van der Waals surface area contributed by atoms with Gasteiger partial charge in [-0.3, -0.25) is 52.7 Å². The molecule has 12 N–H and O–H groups in total. The van der Waals surface area contributed by atoms with Gasteiger partial charge in [0.2, 0.25) is 53.0 Å². The Balaban J connectivity index is 1.11. The van der Waals surface area contributed by atoms with Crippen molar-refractivity contribution in [2.45, 2.75) is 180 Å². The molecule has 472 valence electrons. The summed E-state index contributed by atoms with van der Waals surface area (Å²) in [6.45, 7) is 13.2. The maximum atomic E-state index is 14.2. The fourth-order valence-corrected chi connectivity index (χ4v) is 11.4. The van der Waals surface area contributed by atoms with E-state index >= 15 is 0 Å². The number of likely N-dealkylation sites (tertiary alicyclic amines) is 1. The Labute approximate surface area is 497 Å². The highest BCUT2D eigenvalue weighted by Crippen LogP contribution is 2.52.